The van der Waals surface area contributed by atoms with Gasteiger partial charge in [0.25, 0.3) is 15.9 Å². The molecule has 9 nitrogen and oxygen atoms in total. The van der Waals surface area contributed by atoms with Crippen LogP contribution in [0.4, 0.5) is 5.95 Å². The number of rotatable bonds is 5. The second kappa shape index (κ2) is 12.4. The number of benzene rings is 2. The number of sulfonamides is 1. The Morgan fingerprint density at radius 3 is 2.40 bits per heavy atom. The molecule has 0 saturated carbocycles. The first-order valence-corrected chi connectivity index (χ1v) is 16.2. The average molecular weight is 592 g/mol. The van der Waals surface area contributed by atoms with E-state index >= 15 is 0 Å². The number of carbonyl (C=O) groups is 1. The Morgan fingerprint density at radius 2 is 1.71 bits per heavy atom. The molecule has 1 N–H and O–H groups in total. The van der Waals surface area contributed by atoms with Gasteiger partial charge in [-0.05, 0) is 94.4 Å². The maximum atomic E-state index is 14.2. The largest absolute Gasteiger partial charge is 0.475 e. The Bertz CT molecular complexity index is 1530. The van der Waals surface area contributed by atoms with Crippen molar-refractivity contribution in [3.05, 3.63) is 65.2 Å². The van der Waals surface area contributed by atoms with Crippen LogP contribution < -0.4 is 9.46 Å². The summed E-state index contributed by atoms with van der Waals surface area (Å²) in [7, 11) is -1.97. The van der Waals surface area contributed by atoms with Gasteiger partial charge in [-0.15, -0.1) is 0 Å². The van der Waals surface area contributed by atoms with Gasteiger partial charge in [0.1, 0.15) is 6.61 Å². The summed E-state index contributed by atoms with van der Waals surface area (Å²) < 4.78 is 36.0. The smallest absolute Gasteiger partial charge is 0.264 e. The first-order chi connectivity index (χ1) is 20.0. The predicted molar refractivity (Wildman–Crippen MR) is 164 cm³/mol. The molecule has 0 radical (unpaired) electrons. The van der Waals surface area contributed by atoms with E-state index in [0.29, 0.717) is 29.6 Å². The maximum Gasteiger partial charge on any atom is 0.264 e. The minimum atomic E-state index is -4.09. The highest BCUT2D eigenvalue weighted by molar-refractivity contribution is 7.92. The fourth-order valence-electron chi connectivity index (χ4n) is 5.96. The van der Waals surface area contributed by atoms with Crippen LogP contribution in [0.25, 0.3) is 11.3 Å². The van der Waals surface area contributed by atoms with Gasteiger partial charge in [0, 0.05) is 23.7 Å². The number of aryl methyl sites for hydroxylation is 2. The molecule has 1 saturated heterocycles. The zero-order valence-electron chi connectivity index (χ0n) is 25.1. The van der Waals surface area contributed by atoms with Crippen molar-refractivity contribution in [3.8, 4) is 17.1 Å². The third kappa shape index (κ3) is 6.76. The lowest BCUT2D eigenvalue weighted by molar-refractivity contribution is 0.0487. The van der Waals surface area contributed by atoms with E-state index in [0.717, 1.165) is 49.0 Å². The second-order valence-corrected chi connectivity index (χ2v) is 13.8. The first-order valence-electron chi connectivity index (χ1n) is 14.7. The number of anilines is 1. The molecule has 5 rings (SSSR count). The number of likely N-dealkylation sites (tertiary alicyclic amines) is 1. The van der Waals surface area contributed by atoms with Crippen molar-refractivity contribution in [1.82, 2.24) is 19.8 Å². The third-order valence-corrected chi connectivity index (χ3v) is 9.54. The molecule has 1 aromatic heterocycles. The van der Waals surface area contributed by atoms with Crippen molar-refractivity contribution in [2.24, 2.45) is 11.8 Å². The molecule has 4 bridgehead atoms. The number of hydrogen-bond acceptors (Lipinski definition) is 7. The van der Waals surface area contributed by atoms with Crippen molar-refractivity contribution in [2.45, 2.75) is 57.9 Å². The minimum Gasteiger partial charge on any atom is -0.475 e. The summed E-state index contributed by atoms with van der Waals surface area (Å²) in [4.78, 5) is 27.5. The van der Waals surface area contributed by atoms with Gasteiger partial charge in [-0.2, -0.15) is 4.98 Å². The number of piperidine rings is 1. The Labute approximate surface area is 249 Å². The van der Waals surface area contributed by atoms with Crippen LogP contribution in [0.5, 0.6) is 5.88 Å². The number of nitrogens with one attached hydrogen (secondary N) is 1. The average Bonchev–Trinajstić information content (AvgIpc) is 2.94. The van der Waals surface area contributed by atoms with E-state index < -0.39 is 10.0 Å². The number of carbonyl (C=O) groups excluding carboxylic acids is 1. The summed E-state index contributed by atoms with van der Waals surface area (Å²) in [6.07, 6.45) is 2.74. The zero-order valence-corrected chi connectivity index (χ0v) is 25.9. The predicted octanol–water partition coefficient (Wildman–Crippen LogP) is 5.15. The number of nitrogens with zero attached hydrogens (tertiary/aromatic N) is 4. The molecule has 1 fully saturated rings. The Morgan fingerprint density at radius 1 is 1.02 bits per heavy atom. The molecule has 2 aliphatic heterocycles. The number of ether oxygens (including phenoxy) is 1. The van der Waals surface area contributed by atoms with Crippen LogP contribution in [0.1, 0.15) is 54.6 Å². The van der Waals surface area contributed by atoms with Crippen LogP contribution >= 0.6 is 0 Å². The standard InChI is InChI=1S/C32H41N5O4S/c1-21(2)16-26-20-41-29-18-28(30-22(3)8-6-9-23(30)4)33-32(34-29)35-42(39,40)27-11-7-10-25(17-27)31(38)37(26)19-24-12-14-36(5)15-13-24/h6-11,17-18,21,24,26H,12-16,19-20H2,1-5H3,(H,33,34,35)/t26-/m1/s1. The summed E-state index contributed by atoms with van der Waals surface area (Å²) in [5.41, 5.74) is 3.81. The van der Waals surface area contributed by atoms with Crippen molar-refractivity contribution in [3.63, 3.8) is 0 Å². The fraction of sp³-hybridized carbons (Fsp3) is 0.469. The summed E-state index contributed by atoms with van der Waals surface area (Å²) in [5, 5.41) is 0. The summed E-state index contributed by atoms with van der Waals surface area (Å²) in [6, 6.07) is 13.7. The van der Waals surface area contributed by atoms with Crippen LogP contribution in [0.2, 0.25) is 0 Å². The van der Waals surface area contributed by atoms with E-state index in [-0.39, 0.29) is 35.3 Å². The molecule has 0 aliphatic carbocycles. The van der Waals surface area contributed by atoms with E-state index in [1.807, 2.05) is 36.9 Å². The molecule has 42 heavy (non-hydrogen) atoms. The zero-order chi connectivity index (χ0) is 30.0. The van der Waals surface area contributed by atoms with Gasteiger partial charge in [0.15, 0.2) is 0 Å². The molecule has 10 heteroatoms. The van der Waals surface area contributed by atoms with E-state index in [2.05, 4.69) is 40.5 Å². The van der Waals surface area contributed by atoms with E-state index in [1.165, 1.54) is 12.1 Å². The van der Waals surface area contributed by atoms with Gasteiger partial charge in [-0.3, -0.25) is 4.79 Å². The summed E-state index contributed by atoms with van der Waals surface area (Å²) in [6.45, 7) is 11.1. The van der Waals surface area contributed by atoms with Gasteiger partial charge in [0.2, 0.25) is 11.8 Å². The lowest BCUT2D eigenvalue weighted by Crippen LogP contribution is -2.48. The maximum absolute atomic E-state index is 14.2. The van der Waals surface area contributed by atoms with E-state index in [1.54, 1.807) is 18.2 Å². The van der Waals surface area contributed by atoms with Gasteiger partial charge in [0.05, 0.1) is 16.6 Å². The quantitative estimate of drug-likeness (QED) is 0.438. The molecule has 1 atom stereocenters. The molecule has 2 aromatic carbocycles. The van der Waals surface area contributed by atoms with Gasteiger partial charge >= 0.3 is 0 Å². The summed E-state index contributed by atoms with van der Waals surface area (Å²) >= 11 is 0. The lowest BCUT2D eigenvalue weighted by atomic mass is 9.94. The summed E-state index contributed by atoms with van der Waals surface area (Å²) in [5.74, 6) is 0.650. The Kier molecular flexibility index (Phi) is 8.84. The van der Waals surface area contributed by atoms with Crippen LogP contribution in [0.3, 0.4) is 0 Å². The SMILES string of the molecule is Cc1cccc(C)c1-c1cc2nc(n1)NS(=O)(=O)c1cccc(c1)C(=O)N(CC1CCN(C)CC1)[C@H](CC(C)C)CO2. The molecular formula is C32H41N5O4S. The highest BCUT2D eigenvalue weighted by atomic mass is 32.2. The van der Waals surface area contributed by atoms with E-state index in [4.69, 9.17) is 4.74 Å². The van der Waals surface area contributed by atoms with Crippen molar-refractivity contribution < 1.29 is 17.9 Å². The van der Waals surface area contributed by atoms with Crippen molar-refractivity contribution in [1.29, 1.82) is 0 Å². The molecule has 0 spiro atoms. The first kappa shape index (κ1) is 30.0. The topological polar surface area (TPSA) is 105 Å². The highest BCUT2D eigenvalue weighted by Crippen LogP contribution is 2.31. The van der Waals surface area contributed by atoms with Crippen LogP contribution in [0, 0.1) is 25.7 Å². The van der Waals surface area contributed by atoms with Gasteiger partial charge in [-0.25, -0.2) is 18.1 Å². The molecule has 224 valence electrons. The second-order valence-electron chi connectivity index (χ2n) is 12.1. The number of hydrogen-bond donors (Lipinski definition) is 1. The molecule has 3 heterocycles. The van der Waals surface area contributed by atoms with Gasteiger partial charge < -0.3 is 14.5 Å². The monoisotopic (exact) mass is 591 g/mol. The molecule has 3 aromatic rings. The Balaban J connectivity index is 1.62. The Hall–Kier alpha value is -3.50. The number of amides is 1. The minimum absolute atomic E-state index is 0.0178. The number of fused-ring (bicyclic) bond motifs is 4. The fourth-order valence-corrected chi connectivity index (χ4v) is 6.95. The van der Waals surface area contributed by atoms with Crippen molar-refractivity contribution in [2.75, 3.05) is 38.0 Å². The normalized spacial score (nSPS) is 19.8. The van der Waals surface area contributed by atoms with Crippen LogP contribution in [0.15, 0.2) is 53.4 Å². The van der Waals surface area contributed by atoms with E-state index in [9.17, 15) is 13.2 Å². The van der Waals surface area contributed by atoms with Gasteiger partial charge in [-0.1, -0.05) is 38.1 Å². The molecule has 1 amide bonds. The third-order valence-electron chi connectivity index (χ3n) is 8.22. The van der Waals surface area contributed by atoms with Crippen LogP contribution in [-0.2, 0) is 10.0 Å². The molecule has 0 unspecified atom stereocenters. The highest BCUT2D eigenvalue weighted by Gasteiger charge is 2.31. The molecule has 2 aliphatic rings. The van der Waals surface area contributed by atoms with Crippen molar-refractivity contribution >= 4 is 21.9 Å². The molecular weight excluding hydrogens is 550 g/mol. The number of aromatic nitrogens is 2. The van der Waals surface area contributed by atoms with Crippen LogP contribution in [-0.4, -0.2) is 73.4 Å². The lowest BCUT2D eigenvalue weighted by Gasteiger charge is -2.38.